The largest absolute Gasteiger partial charge is 0.506 e. The lowest BCUT2D eigenvalue weighted by Gasteiger charge is -2.10. The third-order valence-electron chi connectivity index (χ3n) is 3.18. The van der Waals surface area contributed by atoms with Crippen LogP contribution in [0.4, 0.5) is 0 Å². The molecule has 1 N–H and O–H groups in total. The molecule has 98 valence electrons. The van der Waals surface area contributed by atoms with Gasteiger partial charge < -0.3 is 5.11 Å². The first kappa shape index (κ1) is 12.4. The van der Waals surface area contributed by atoms with Crippen LogP contribution in [0.25, 0.3) is 22.5 Å². The highest BCUT2D eigenvalue weighted by Crippen LogP contribution is 2.32. The topological polar surface area (TPSA) is 46.0 Å². The predicted molar refractivity (Wildman–Crippen MR) is 79.3 cm³/mol. The molecule has 3 rings (SSSR count). The molecule has 0 fully saturated rings. The summed E-state index contributed by atoms with van der Waals surface area (Å²) in [6.07, 6.45) is 1.73. The van der Waals surface area contributed by atoms with Crippen molar-refractivity contribution in [2.75, 3.05) is 0 Å². The quantitative estimate of drug-likeness (QED) is 0.763. The van der Waals surface area contributed by atoms with Crippen LogP contribution < -0.4 is 0 Å². The van der Waals surface area contributed by atoms with Crippen molar-refractivity contribution in [2.45, 2.75) is 6.92 Å². The standard InChI is InChI=1S/C17H14N2O/c1-12-14(15-9-5-6-10-18-15)11-16(20)17(19-12)13-7-3-2-4-8-13/h2-11,20H,1H3. The summed E-state index contributed by atoms with van der Waals surface area (Å²) in [6.45, 7) is 1.93. The van der Waals surface area contributed by atoms with E-state index in [0.29, 0.717) is 5.69 Å². The maximum atomic E-state index is 10.2. The fourth-order valence-electron chi connectivity index (χ4n) is 2.18. The van der Waals surface area contributed by atoms with Gasteiger partial charge in [0.1, 0.15) is 11.4 Å². The fraction of sp³-hybridized carbons (Fsp3) is 0.0588. The molecule has 0 aliphatic rings. The first-order valence-electron chi connectivity index (χ1n) is 6.43. The minimum Gasteiger partial charge on any atom is -0.506 e. The van der Waals surface area contributed by atoms with Gasteiger partial charge >= 0.3 is 0 Å². The van der Waals surface area contributed by atoms with Gasteiger partial charge in [-0.2, -0.15) is 0 Å². The van der Waals surface area contributed by atoms with Crippen LogP contribution in [0.1, 0.15) is 5.69 Å². The summed E-state index contributed by atoms with van der Waals surface area (Å²) in [4.78, 5) is 8.83. The molecular formula is C17H14N2O. The van der Waals surface area contributed by atoms with Gasteiger partial charge in [-0.05, 0) is 25.1 Å². The second-order valence-corrected chi connectivity index (χ2v) is 4.57. The van der Waals surface area contributed by atoms with Crippen LogP contribution >= 0.6 is 0 Å². The highest BCUT2D eigenvalue weighted by Gasteiger charge is 2.12. The predicted octanol–water partition coefficient (Wildman–Crippen LogP) is 3.82. The van der Waals surface area contributed by atoms with Crippen LogP contribution in [0, 0.1) is 6.92 Å². The van der Waals surface area contributed by atoms with Gasteiger partial charge in [-0.25, -0.2) is 4.98 Å². The van der Waals surface area contributed by atoms with Gasteiger partial charge in [-0.1, -0.05) is 36.4 Å². The fourth-order valence-corrected chi connectivity index (χ4v) is 2.18. The summed E-state index contributed by atoms with van der Waals surface area (Å²) < 4.78 is 0. The van der Waals surface area contributed by atoms with Gasteiger partial charge in [-0.15, -0.1) is 0 Å². The monoisotopic (exact) mass is 262 g/mol. The molecule has 0 aliphatic heterocycles. The van der Waals surface area contributed by atoms with E-state index < -0.39 is 0 Å². The van der Waals surface area contributed by atoms with E-state index in [0.717, 1.165) is 22.5 Å². The average molecular weight is 262 g/mol. The molecule has 0 amide bonds. The van der Waals surface area contributed by atoms with Gasteiger partial charge in [0.2, 0.25) is 0 Å². The highest BCUT2D eigenvalue weighted by atomic mass is 16.3. The molecule has 0 spiro atoms. The van der Waals surface area contributed by atoms with Crippen LogP contribution in [-0.4, -0.2) is 15.1 Å². The summed E-state index contributed by atoms with van der Waals surface area (Å²) in [5.74, 6) is 0.169. The van der Waals surface area contributed by atoms with Crippen molar-refractivity contribution in [1.82, 2.24) is 9.97 Å². The van der Waals surface area contributed by atoms with E-state index >= 15 is 0 Å². The molecule has 3 heteroatoms. The minimum absolute atomic E-state index is 0.169. The SMILES string of the molecule is Cc1nc(-c2ccccc2)c(O)cc1-c1ccccn1. The summed E-state index contributed by atoms with van der Waals surface area (Å²) in [7, 11) is 0. The Hall–Kier alpha value is -2.68. The Balaban J connectivity index is 2.13. The lowest BCUT2D eigenvalue weighted by atomic mass is 10.1. The lowest BCUT2D eigenvalue weighted by molar-refractivity contribution is 0.475. The second kappa shape index (κ2) is 5.13. The molecule has 0 saturated carbocycles. The smallest absolute Gasteiger partial charge is 0.142 e. The van der Waals surface area contributed by atoms with E-state index in [-0.39, 0.29) is 5.75 Å². The number of hydrogen-bond acceptors (Lipinski definition) is 3. The van der Waals surface area contributed by atoms with E-state index in [2.05, 4.69) is 9.97 Å². The molecular weight excluding hydrogens is 248 g/mol. The molecule has 3 nitrogen and oxygen atoms in total. The van der Waals surface area contributed by atoms with Crippen molar-refractivity contribution in [2.24, 2.45) is 0 Å². The van der Waals surface area contributed by atoms with Gasteiger partial charge in [0, 0.05) is 23.0 Å². The molecule has 0 aliphatic carbocycles. The van der Waals surface area contributed by atoms with Crippen LogP contribution in [0.2, 0.25) is 0 Å². The lowest BCUT2D eigenvalue weighted by Crippen LogP contribution is -1.93. The van der Waals surface area contributed by atoms with Gasteiger partial charge in [0.15, 0.2) is 0 Å². The van der Waals surface area contributed by atoms with Crippen LogP contribution in [0.3, 0.4) is 0 Å². The summed E-state index contributed by atoms with van der Waals surface area (Å²) in [5, 5.41) is 10.2. The molecule has 1 aromatic carbocycles. The maximum absolute atomic E-state index is 10.2. The highest BCUT2D eigenvalue weighted by molar-refractivity contribution is 5.72. The number of rotatable bonds is 2. The number of nitrogens with zero attached hydrogens (tertiary/aromatic N) is 2. The van der Waals surface area contributed by atoms with Crippen molar-refractivity contribution in [3.05, 3.63) is 66.5 Å². The van der Waals surface area contributed by atoms with E-state index in [9.17, 15) is 5.11 Å². The van der Waals surface area contributed by atoms with Crippen molar-refractivity contribution in [3.8, 4) is 28.3 Å². The number of benzene rings is 1. The Bertz CT molecular complexity index is 659. The normalized spacial score (nSPS) is 10.4. The van der Waals surface area contributed by atoms with Crippen LogP contribution in [0.15, 0.2) is 60.8 Å². The van der Waals surface area contributed by atoms with E-state index in [1.165, 1.54) is 0 Å². The molecule has 0 atom stereocenters. The van der Waals surface area contributed by atoms with Crippen molar-refractivity contribution < 1.29 is 5.11 Å². The summed E-state index contributed by atoms with van der Waals surface area (Å²) in [6, 6.07) is 17.1. The molecule has 20 heavy (non-hydrogen) atoms. The number of aryl methyl sites for hydroxylation is 1. The van der Waals surface area contributed by atoms with E-state index in [1.807, 2.05) is 55.5 Å². The zero-order valence-corrected chi connectivity index (χ0v) is 11.1. The molecule has 0 radical (unpaired) electrons. The van der Waals surface area contributed by atoms with E-state index in [4.69, 9.17) is 0 Å². The minimum atomic E-state index is 0.169. The van der Waals surface area contributed by atoms with Gasteiger partial charge in [0.25, 0.3) is 0 Å². The van der Waals surface area contributed by atoms with E-state index in [1.54, 1.807) is 12.3 Å². The first-order chi connectivity index (χ1) is 9.75. The van der Waals surface area contributed by atoms with Crippen molar-refractivity contribution >= 4 is 0 Å². The zero-order chi connectivity index (χ0) is 13.9. The summed E-state index contributed by atoms with van der Waals surface area (Å²) >= 11 is 0. The third kappa shape index (κ3) is 2.26. The molecule has 3 aromatic rings. The Labute approximate surface area is 117 Å². The van der Waals surface area contributed by atoms with Crippen LogP contribution in [-0.2, 0) is 0 Å². The molecule has 2 heterocycles. The second-order valence-electron chi connectivity index (χ2n) is 4.57. The molecule has 2 aromatic heterocycles. The number of aromatic nitrogens is 2. The number of aromatic hydroxyl groups is 1. The Morgan fingerprint density at radius 3 is 2.40 bits per heavy atom. The Kier molecular flexibility index (Phi) is 3.17. The Morgan fingerprint density at radius 1 is 0.950 bits per heavy atom. The maximum Gasteiger partial charge on any atom is 0.142 e. The first-order valence-corrected chi connectivity index (χ1v) is 6.43. The van der Waals surface area contributed by atoms with Crippen LogP contribution in [0.5, 0.6) is 5.75 Å². The number of pyridine rings is 2. The van der Waals surface area contributed by atoms with Crippen molar-refractivity contribution in [3.63, 3.8) is 0 Å². The summed E-state index contributed by atoms with van der Waals surface area (Å²) in [5.41, 5.74) is 4.01. The molecule has 0 saturated heterocycles. The zero-order valence-electron chi connectivity index (χ0n) is 11.1. The Morgan fingerprint density at radius 2 is 1.70 bits per heavy atom. The molecule has 0 bridgehead atoms. The van der Waals surface area contributed by atoms with Gasteiger partial charge in [-0.3, -0.25) is 4.98 Å². The van der Waals surface area contributed by atoms with Gasteiger partial charge in [0.05, 0.1) is 5.69 Å². The molecule has 0 unspecified atom stereocenters. The van der Waals surface area contributed by atoms with Crippen molar-refractivity contribution in [1.29, 1.82) is 0 Å². The third-order valence-corrected chi connectivity index (χ3v) is 3.18. The average Bonchev–Trinajstić information content (AvgIpc) is 2.51. The number of hydrogen-bond donors (Lipinski definition) is 1.